The van der Waals surface area contributed by atoms with Crippen LogP contribution in [-0.4, -0.2) is 6.54 Å². The van der Waals surface area contributed by atoms with E-state index < -0.39 is 0 Å². The molecule has 1 aliphatic carbocycles. The van der Waals surface area contributed by atoms with E-state index in [-0.39, 0.29) is 0 Å². The van der Waals surface area contributed by atoms with E-state index in [1.54, 1.807) is 0 Å². The van der Waals surface area contributed by atoms with Gasteiger partial charge in [-0.15, -0.1) is 0 Å². The van der Waals surface area contributed by atoms with Crippen molar-refractivity contribution in [1.29, 1.82) is 0 Å². The van der Waals surface area contributed by atoms with Crippen LogP contribution in [0.2, 0.25) is 5.02 Å². The van der Waals surface area contributed by atoms with Gasteiger partial charge in [0.05, 0.1) is 0 Å². The second kappa shape index (κ2) is 6.23. The van der Waals surface area contributed by atoms with Crippen LogP contribution in [0.5, 0.6) is 0 Å². The van der Waals surface area contributed by atoms with Gasteiger partial charge in [-0.05, 0) is 56.3 Å². The molecule has 1 aromatic rings. The SMILES string of the molecule is C[C@@H](NCC1CC=CCC1)c1ccc(Cl)cc1. The molecule has 17 heavy (non-hydrogen) atoms. The quantitative estimate of drug-likeness (QED) is 0.783. The van der Waals surface area contributed by atoms with Crippen molar-refractivity contribution in [3.05, 3.63) is 47.0 Å². The Balaban J connectivity index is 1.82. The van der Waals surface area contributed by atoms with Gasteiger partial charge in [-0.3, -0.25) is 0 Å². The fraction of sp³-hybridized carbons (Fsp3) is 0.467. The summed E-state index contributed by atoms with van der Waals surface area (Å²) in [5.41, 5.74) is 1.31. The van der Waals surface area contributed by atoms with Crippen molar-refractivity contribution >= 4 is 11.6 Å². The number of benzene rings is 1. The molecule has 0 bridgehead atoms. The van der Waals surface area contributed by atoms with Crippen molar-refractivity contribution in [3.8, 4) is 0 Å². The fourth-order valence-electron chi connectivity index (χ4n) is 2.25. The number of rotatable bonds is 4. The van der Waals surface area contributed by atoms with E-state index in [2.05, 4.69) is 36.5 Å². The average Bonchev–Trinajstić information content (AvgIpc) is 2.38. The van der Waals surface area contributed by atoms with Gasteiger partial charge in [0, 0.05) is 11.1 Å². The summed E-state index contributed by atoms with van der Waals surface area (Å²) in [6.45, 7) is 3.32. The van der Waals surface area contributed by atoms with E-state index in [1.807, 2.05) is 12.1 Å². The van der Waals surface area contributed by atoms with Crippen molar-refractivity contribution < 1.29 is 0 Å². The molecular weight excluding hydrogens is 230 g/mol. The summed E-state index contributed by atoms with van der Waals surface area (Å²) in [7, 11) is 0. The Morgan fingerprint density at radius 1 is 1.29 bits per heavy atom. The van der Waals surface area contributed by atoms with Gasteiger partial charge in [-0.2, -0.15) is 0 Å². The van der Waals surface area contributed by atoms with Crippen LogP contribution in [0, 0.1) is 5.92 Å². The maximum absolute atomic E-state index is 5.89. The Morgan fingerprint density at radius 2 is 2.06 bits per heavy atom. The van der Waals surface area contributed by atoms with Gasteiger partial charge in [0.15, 0.2) is 0 Å². The van der Waals surface area contributed by atoms with Crippen LogP contribution in [-0.2, 0) is 0 Å². The van der Waals surface area contributed by atoms with Crippen LogP contribution in [0.1, 0.15) is 37.8 Å². The van der Waals surface area contributed by atoms with E-state index in [0.29, 0.717) is 6.04 Å². The molecule has 0 aromatic heterocycles. The molecule has 0 heterocycles. The van der Waals surface area contributed by atoms with E-state index in [0.717, 1.165) is 17.5 Å². The van der Waals surface area contributed by atoms with Crippen LogP contribution in [0.4, 0.5) is 0 Å². The summed E-state index contributed by atoms with van der Waals surface area (Å²) in [5, 5.41) is 4.42. The molecule has 0 saturated carbocycles. The first-order chi connectivity index (χ1) is 8.25. The molecule has 0 aliphatic heterocycles. The molecule has 2 heteroatoms. The Morgan fingerprint density at radius 3 is 2.71 bits per heavy atom. The largest absolute Gasteiger partial charge is 0.310 e. The highest BCUT2D eigenvalue weighted by atomic mass is 35.5. The van der Waals surface area contributed by atoms with Crippen LogP contribution in [0.15, 0.2) is 36.4 Å². The maximum atomic E-state index is 5.89. The smallest absolute Gasteiger partial charge is 0.0406 e. The molecule has 1 aliphatic rings. The molecule has 0 amide bonds. The summed E-state index contributed by atoms with van der Waals surface area (Å²) in [4.78, 5) is 0. The lowest BCUT2D eigenvalue weighted by Crippen LogP contribution is -2.26. The highest BCUT2D eigenvalue weighted by molar-refractivity contribution is 6.30. The van der Waals surface area contributed by atoms with Gasteiger partial charge in [0.1, 0.15) is 0 Å². The molecule has 0 radical (unpaired) electrons. The minimum absolute atomic E-state index is 0.401. The first-order valence-electron chi connectivity index (χ1n) is 6.39. The van der Waals surface area contributed by atoms with E-state index in [1.165, 1.54) is 24.8 Å². The van der Waals surface area contributed by atoms with Crippen molar-refractivity contribution in [1.82, 2.24) is 5.32 Å². The first kappa shape index (κ1) is 12.7. The van der Waals surface area contributed by atoms with Gasteiger partial charge < -0.3 is 5.32 Å². The predicted molar refractivity (Wildman–Crippen MR) is 74.4 cm³/mol. The number of halogens is 1. The number of hydrogen-bond acceptors (Lipinski definition) is 1. The molecular formula is C15H20ClN. The van der Waals surface area contributed by atoms with Crippen LogP contribution in [0.3, 0.4) is 0 Å². The van der Waals surface area contributed by atoms with Gasteiger partial charge in [-0.25, -0.2) is 0 Å². The highest BCUT2D eigenvalue weighted by Gasteiger charge is 2.11. The Labute approximate surface area is 109 Å². The highest BCUT2D eigenvalue weighted by Crippen LogP contribution is 2.20. The lowest BCUT2D eigenvalue weighted by Gasteiger charge is -2.21. The van der Waals surface area contributed by atoms with Crippen molar-refractivity contribution in [2.24, 2.45) is 5.92 Å². The minimum Gasteiger partial charge on any atom is -0.310 e. The molecule has 2 rings (SSSR count). The third kappa shape index (κ3) is 3.86. The van der Waals surface area contributed by atoms with Gasteiger partial charge >= 0.3 is 0 Å². The maximum Gasteiger partial charge on any atom is 0.0406 e. The fourth-order valence-corrected chi connectivity index (χ4v) is 2.38. The Bertz CT molecular complexity index is 369. The zero-order chi connectivity index (χ0) is 12.1. The van der Waals surface area contributed by atoms with Gasteiger partial charge in [0.25, 0.3) is 0 Å². The molecule has 0 saturated heterocycles. The third-order valence-corrected chi connectivity index (χ3v) is 3.71. The third-order valence-electron chi connectivity index (χ3n) is 3.46. The predicted octanol–water partition coefficient (Wildman–Crippen LogP) is 4.35. The normalized spacial score (nSPS) is 21.4. The lowest BCUT2D eigenvalue weighted by molar-refractivity contribution is 0.415. The second-order valence-electron chi connectivity index (χ2n) is 4.83. The topological polar surface area (TPSA) is 12.0 Å². The second-order valence-corrected chi connectivity index (χ2v) is 5.27. The molecule has 1 N–H and O–H groups in total. The molecule has 1 unspecified atom stereocenters. The van der Waals surface area contributed by atoms with Gasteiger partial charge in [-0.1, -0.05) is 35.9 Å². The number of nitrogens with one attached hydrogen (secondary N) is 1. The van der Waals surface area contributed by atoms with E-state index >= 15 is 0 Å². The summed E-state index contributed by atoms with van der Waals surface area (Å²) < 4.78 is 0. The van der Waals surface area contributed by atoms with Crippen LogP contribution < -0.4 is 5.32 Å². The molecule has 1 aromatic carbocycles. The number of allylic oxidation sites excluding steroid dienone is 2. The summed E-state index contributed by atoms with van der Waals surface area (Å²) >= 11 is 5.89. The Kier molecular flexibility index (Phi) is 4.64. The molecule has 92 valence electrons. The van der Waals surface area contributed by atoms with Crippen molar-refractivity contribution in [2.75, 3.05) is 6.54 Å². The molecule has 1 nitrogen and oxygen atoms in total. The number of hydrogen-bond donors (Lipinski definition) is 1. The average molecular weight is 250 g/mol. The van der Waals surface area contributed by atoms with Gasteiger partial charge in [0.2, 0.25) is 0 Å². The molecule has 0 fully saturated rings. The Hall–Kier alpha value is -0.790. The van der Waals surface area contributed by atoms with Crippen LogP contribution >= 0.6 is 11.6 Å². The zero-order valence-electron chi connectivity index (χ0n) is 10.3. The molecule has 2 atom stereocenters. The molecule has 0 spiro atoms. The zero-order valence-corrected chi connectivity index (χ0v) is 11.1. The summed E-state index contributed by atoms with van der Waals surface area (Å²) in [6.07, 6.45) is 8.38. The summed E-state index contributed by atoms with van der Waals surface area (Å²) in [5.74, 6) is 0.801. The minimum atomic E-state index is 0.401. The van der Waals surface area contributed by atoms with E-state index in [4.69, 9.17) is 11.6 Å². The standard InChI is InChI=1S/C15H20ClN/c1-12(14-7-9-15(16)10-8-14)17-11-13-5-3-2-4-6-13/h2-3,7-10,12-13,17H,4-6,11H2,1H3/t12-,13?/m1/s1. The van der Waals surface area contributed by atoms with Crippen LogP contribution in [0.25, 0.3) is 0 Å². The van der Waals surface area contributed by atoms with Crippen molar-refractivity contribution in [3.63, 3.8) is 0 Å². The van der Waals surface area contributed by atoms with Crippen molar-refractivity contribution in [2.45, 2.75) is 32.2 Å². The lowest BCUT2D eigenvalue weighted by atomic mass is 9.94. The summed E-state index contributed by atoms with van der Waals surface area (Å²) in [6, 6.07) is 8.51. The van der Waals surface area contributed by atoms with E-state index in [9.17, 15) is 0 Å². The first-order valence-corrected chi connectivity index (χ1v) is 6.77. The monoisotopic (exact) mass is 249 g/mol.